The van der Waals surface area contributed by atoms with Crippen LogP contribution in [0, 0.1) is 0 Å². The maximum Gasteiger partial charge on any atom is 0.338 e. The lowest BCUT2D eigenvalue weighted by molar-refractivity contribution is -0.142. The Labute approximate surface area is 158 Å². The van der Waals surface area contributed by atoms with Crippen molar-refractivity contribution in [3.8, 4) is 0 Å². The number of hydrogen-bond acceptors (Lipinski definition) is 4. The minimum absolute atomic E-state index is 0.322. The third kappa shape index (κ3) is 5.72. The van der Waals surface area contributed by atoms with Crippen LogP contribution in [0.3, 0.4) is 0 Å². The Hall–Kier alpha value is -1.58. The van der Waals surface area contributed by atoms with Gasteiger partial charge < -0.3 is 9.47 Å². The van der Waals surface area contributed by atoms with Gasteiger partial charge in [-0.15, -0.1) is 0 Å². The second-order valence-corrected chi connectivity index (χ2v) is 7.35. The summed E-state index contributed by atoms with van der Waals surface area (Å²) < 4.78 is 11.1. The molecule has 0 heterocycles. The lowest BCUT2D eigenvalue weighted by Gasteiger charge is -2.17. The van der Waals surface area contributed by atoms with Gasteiger partial charge in [0.15, 0.2) is 0 Å². The van der Waals surface area contributed by atoms with Crippen molar-refractivity contribution in [3.05, 3.63) is 22.3 Å². The molecular weight excluding hydrogens is 328 g/mol. The highest BCUT2D eigenvalue weighted by Crippen LogP contribution is 2.36. The molecule has 2 saturated carbocycles. The van der Waals surface area contributed by atoms with Gasteiger partial charge in [-0.3, -0.25) is 0 Å². The fraction of sp³-hybridized carbons (Fsp3) is 0.727. The Morgan fingerprint density at radius 3 is 1.35 bits per heavy atom. The third-order valence-corrected chi connectivity index (χ3v) is 5.24. The van der Waals surface area contributed by atoms with E-state index in [1.807, 2.05) is 0 Å². The Kier molecular flexibility index (Phi) is 8.93. The van der Waals surface area contributed by atoms with Crippen LogP contribution >= 0.6 is 0 Å². The molecule has 0 aromatic heterocycles. The van der Waals surface area contributed by atoms with E-state index >= 15 is 0 Å². The highest BCUT2D eigenvalue weighted by molar-refractivity contribution is 6.08. The van der Waals surface area contributed by atoms with E-state index in [0.717, 1.165) is 88.2 Å². The quantitative estimate of drug-likeness (QED) is 0.312. The second kappa shape index (κ2) is 11.2. The molecule has 0 spiro atoms. The van der Waals surface area contributed by atoms with E-state index in [-0.39, 0.29) is 11.9 Å². The van der Waals surface area contributed by atoms with Gasteiger partial charge in [0, 0.05) is 0 Å². The second-order valence-electron chi connectivity index (χ2n) is 7.35. The first kappa shape index (κ1) is 20.7. The van der Waals surface area contributed by atoms with Crippen LogP contribution in [0.4, 0.5) is 0 Å². The number of hydrogen-bond donors (Lipinski definition) is 0. The van der Waals surface area contributed by atoms with Crippen molar-refractivity contribution in [2.45, 2.75) is 90.9 Å². The molecule has 0 aromatic carbocycles. The number of esters is 2. The van der Waals surface area contributed by atoms with Gasteiger partial charge in [-0.2, -0.15) is 0 Å². The monoisotopic (exact) mass is 362 g/mol. The van der Waals surface area contributed by atoms with Crippen molar-refractivity contribution in [1.29, 1.82) is 0 Å². The van der Waals surface area contributed by atoms with E-state index in [9.17, 15) is 9.59 Å². The molecule has 4 heteroatoms. The van der Waals surface area contributed by atoms with Crippen LogP contribution in [0.5, 0.6) is 0 Å². The van der Waals surface area contributed by atoms with Gasteiger partial charge >= 0.3 is 11.9 Å². The number of allylic oxidation sites excluding steroid dienone is 2. The van der Waals surface area contributed by atoms with E-state index < -0.39 is 0 Å². The number of carbonyl (C=O) groups excluding carboxylic acids is 2. The van der Waals surface area contributed by atoms with Crippen molar-refractivity contribution >= 4 is 11.9 Å². The zero-order valence-corrected chi connectivity index (χ0v) is 16.5. The van der Waals surface area contributed by atoms with E-state index in [1.165, 1.54) is 0 Å². The Bertz CT molecular complexity index is 490. The van der Waals surface area contributed by atoms with Crippen molar-refractivity contribution in [2.24, 2.45) is 0 Å². The summed E-state index contributed by atoms with van der Waals surface area (Å²) in [6.45, 7) is 4.97. The molecule has 0 saturated heterocycles. The molecule has 0 bridgehead atoms. The maximum absolute atomic E-state index is 12.9. The van der Waals surface area contributed by atoms with Crippen molar-refractivity contribution in [1.82, 2.24) is 0 Å². The third-order valence-electron chi connectivity index (χ3n) is 5.24. The van der Waals surface area contributed by atoms with Gasteiger partial charge in [-0.05, 0) is 64.2 Å². The van der Waals surface area contributed by atoms with Gasteiger partial charge in [0.2, 0.25) is 0 Å². The first-order valence-electron chi connectivity index (χ1n) is 10.5. The molecule has 0 amide bonds. The summed E-state index contributed by atoms with van der Waals surface area (Å²) in [5, 5.41) is 0. The predicted octanol–water partition coefficient (Wildman–Crippen LogP) is 5.41. The topological polar surface area (TPSA) is 52.6 Å². The molecule has 0 N–H and O–H groups in total. The average molecular weight is 363 g/mol. The normalized spacial score (nSPS) is 16.7. The molecule has 2 aliphatic rings. The zero-order chi connectivity index (χ0) is 18.8. The Morgan fingerprint density at radius 2 is 1.04 bits per heavy atom. The summed E-state index contributed by atoms with van der Waals surface area (Å²) in [4.78, 5) is 25.8. The van der Waals surface area contributed by atoms with Gasteiger partial charge in [-0.25, -0.2) is 9.59 Å². The molecule has 0 atom stereocenters. The minimum Gasteiger partial charge on any atom is -0.462 e. The summed E-state index contributed by atoms with van der Waals surface area (Å²) in [6, 6.07) is 0. The van der Waals surface area contributed by atoms with Gasteiger partial charge in [0.25, 0.3) is 0 Å². The minimum atomic E-state index is -0.322. The summed E-state index contributed by atoms with van der Waals surface area (Å²) in [6.07, 6.45) is 11.5. The van der Waals surface area contributed by atoms with Crippen LogP contribution in [-0.4, -0.2) is 25.2 Å². The van der Waals surface area contributed by atoms with Crippen LogP contribution in [0.25, 0.3) is 0 Å². The SMILES string of the molecule is CCCCOC(=O)C(=C1CCCC1)C(C(=O)OCCCC)=C1CCCC1. The highest BCUT2D eigenvalue weighted by Gasteiger charge is 2.31. The Morgan fingerprint density at radius 1 is 0.692 bits per heavy atom. The van der Waals surface area contributed by atoms with E-state index in [2.05, 4.69) is 13.8 Å². The molecule has 2 aliphatic carbocycles. The molecule has 0 aliphatic heterocycles. The number of ether oxygens (including phenoxy) is 2. The molecule has 2 fully saturated rings. The average Bonchev–Trinajstić information content (AvgIpc) is 3.33. The van der Waals surface area contributed by atoms with Crippen LogP contribution in [0.1, 0.15) is 90.9 Å². The summed E-state index contributed by atoms with van der Waals surface area (Å²) >= 11 is 0. The number of unbranched alkanes of at least 4 members (excludes halogenated alkanes) is 2. The van der Waals surface area contributed by atoms with Gasteiger partial charge in [-0.1, -0.05) is 37.8 Å². The van der Waals surface area contributed by atoms with Crippen LogP contribution in [0.15, 0.2) is 22.3 Å². The van der Waals surface area contributed by atoms with E-state index in [4.69, 9.17) is 9.47 Å². The van der Waals surface area contributed by atoms with Gasteiger partial charge in [0.05, 0.1) is 24.4 Å². The largest absolute Gasteiger partial charge is 0.462 e. The van der Waals surface area contributed by atoms with E-state index in [0.29, 0.717) is 24.4 Å². The van der Waals surface area contributed by atoms with Crippen molar-refractivity contribution < 1.29 is 19.1 Å². The molecule has 2 rings (SSSR count). The molecule has 0 radical (unpaired) electrons. The molecular formula is C22H34O4. The van der Waals surface area contributed by atoms with Crippen LogP contribution in [-0.2, 0) is 19.1 Å². The zero-order valence-electron chi connectivity index (χ0n) is 16.5. The smallest absolute Gasteiger partial charge is 0.338 e. The van der Waals surface area contributed by atoms with Gasteiger partial charge in [0.1, 0.15) is 0 Å². The standard InChI is InChI=1S/C22H34O4/c1-3-5-15-25-21(23)19(17-11-7-8-12-17)20(18-13-9-10-14-18)22(24)26-16-6-4-2/h3-16H2,1-2H3. The highest BCUT2D eigenvalue weighted by atomic mass is 16.5. The summed E-state index contributed by atoms with van der Waals surface area (Å²) in [5.74, 6) is -0.644. The number of carbonyl (C=O) groups is 2. The number of rotatable bonds is 9. The fourth-order valence-electron chi connectivity index (χ4n) is 3.71. The lowest BCUT2D eigenvalue weighted by Crippen LogP contribution is -2.21. The Balaban J connectivity index is 2.32. The fourth-order valence-corrected chi connectivity index (χ4v) is 3.71. The van der Waals surface area contributed by atoms with Crippen molar-refractivity contribution in [2.75, 3.05) is 13.2 Å². The summed E-state index contributed by atoms with van der Waals surface area (Å²) in [5.41, 5.74) is 3.26. The predicted molar refractivity (Wildman–Crippen MR) is 103 cm³/mol. The van der Waals surface area contributed by atoms with E-state index in [1.54, 1.807) is 0 Å². The van der Waals surface area contributed by atoms with Crippen LogP contribution < -0.4 is 0 Å². The lowest BCUT2D eigenvalue weighted by atomic mass is 9.93. The molecule has 4 nitrogen and oxygen atoms in total. The molecule has 26 heavy (non-hydrogen) atoms. The van der Waals surface area contributed by atoms with Crippen molar-refractivity contribution in [3.63, 3.8) is 0 Å². The molecule has 146 valence electrons. The first-order valence-corrected chi connectivity index (χ1v) is 10.5. The maximum atomic E-state index is 12.9. The first-order chi connectivity index (χ1) is 12.7. The molecule has 0 unspecified atom stereocenters. The van der Waals surface area contributed by atoms with Crippen LogP contribution in [0.2, 0.25) is 0 Å². The molecule has 0 aromatic rings. The summed E-state index contributed by atoms with van der Waals surface area (Å²) in [7, 11) is 0.